The van der Waals surface area contributed by atoms with Crippen molar-refractivity contribution in [3.05, 3.63) is 52.3 Å². The van der Waals surface area contributed by atoms with Crippen molar-refractivity contribution in [3.8, 4) is 5.75 Å². The van der Waals surface area contributed by atoms with E-state index in [0.29, 0.717) is 16.5 Å². The second kappa shape index (κ2) is 7.99. The number of amides is 1. The molecule has 0 aliphatic carbocycles. The summed E-state index contributed by atoms with van der Waals surface area (Å²) in [4.78, 5) is 28.0. The summed E-state index contributed by atoms with van der Waals surface area (Å²) in [6, 6.07) is 7.78. The molecular weight excluding hydrogens is 355 g/mol. The van der Waals surface area contributed by atoms with E-state index in [2.05, 4.69) is 10.3 Å². The third kappa shape index (κ3) is 4.37. The van der Waals surface area contributed by atoms with E-state index in [4.69, 9.17) is 32.7 Å². The zero-order chi connectivity index (χ0) is 17.7. The van der Waals surface area contributed by atoms with Gasteiger partial charge in [0.15, 0.2) is 6.10 Å². The van der Waals surface area contributed by atoms with Crippen molar-refractivity contribution < 1.29 is 19.1 Å². The van der Waals surface area contributed by atoms with Crippen molar-refractivity contribution >= 4 is 40.8 Å². The fraction of sp³-hybridized carbons (Fsp3) is 0.188. The van der Waals surface area contributed by atoms with Gasteiger partial charge in [0.1, 0.15) is 10.9 Å². The summed E-state index contributed by atoms with van der Waals surface area (Å²) in [7, 11) is 1.47. The van der Waals surface area contributed by atoms with Gasteiger partial charge in [0.25, 0.3) is 5.91 Å². The molecule has 2 aromatic rings. The number of ether oxygens (including phenoxy) is 2. The normalized spacial score (nSPS) is 11.5. The molecule has 24 heavy (non-hydrogen) atoms. The number of esters is 1. The topological polar surface area (TPSA) is 77.5 Å². The van der Waals surface area contributed by atoms with Crippen LogP contribution in [0.2, 0.25) is 10.2 Å². The molecule has 1 aromatic carbocycles. The number of halogens is 2. The third-order valence-corrected chi connectivity index (χ3v) is 3.59. The van der Waals surface area contributed by atoms with E-state index >= 15 is 0 Å². The zero-order valence-corrected chi connectivity index (χ0v) is 14.4. The van der Waals surface area contributed by atoms with E-state index in [1.165, 1.54) is 32.4 Å². The number of hydrogen-bond acceptors (Lipinski definition) is 5. The van der Waals surface area contributed by atoms with E-state index in [-0.39, 0.29) is 10.7 Å². The maximum Gasteiger partial charge on any atom is 0.342 e. The number of carbonyl (C=O) groups excluding carboxylic acids is 2. The van der Waals surface area contributed by atoms with Gasteiger partial charge in [-0.3, -0.25) is 4.79 Å². The first-order chi connectivity index (χ1) is 11.4. The second-order valence-corrected chi connectivity index (χ2v) is 5.52. The quantitative estimate of drug-likeness (QED) is 0.644. The van der Waals surface area contributed by atoms with Crippen LogP contribution >= 0.6 is 23.2 Å². The Morgan fingerprint density at radius 2 is 2.00 bits per heavy atom. The molecule has 0 saturated carbocycles. The molecule has 0 saturated heterocycles. The lowest BCUT2D eigenvalue weighted by Gasteiger charge is -2.15. The van der Waals surface area contributed by atoms with Crippen LogP contribution in [0, 0.1) is 0 Å². The van der Waals surface area contributed by atoms with E-state index in [9.17, 15) is 9.59 Å². The van der Waals surface area contributed by atoms with Crippen molar-refractivity contribution in [2.45, 2.75) is 13.0 Å². The first-order valence-electron chi connectivity index (χ1n) is 6.88. The molecular formula is C16H14Cl2N2O4. The number of benzene rings is 1. The monoisotopic (exact) mass is 368 g/mol. The van der Waals surface area contributed by atoms with E-state index in [1.807, 2.05) is 0 Å². The van der Waals surface area contributed by atoms with Crippen LogP contribution in [0.4, 0.5) is 5.69 Å². The van der Waals surface area contributed by atoms with Gasteiger partial charge in [-0.1, -0.05) is 23.2 Å². The van der Waals surface area contributed by atoms with Crippen LogP contribution in [0.15, 0.2) is 36.5 Å². The lowest BCUT2D eigenvalue weighted by molar-refractivity contribution is -0.123. The molecule has 0 aliphatic heterocycles. The summed E-state index contributed by atoms with van der Waals surface area (Å²) in [6.45, 7) is 1.44. The molecule has 0 bridgehead atoms. The number of anilines is 1. The van der Waals surface area contributed by atoms with Crippen molar-refractivity contribution in [2.24, 2.45) is 0 Å². The van der Waals surface area contributed by atoms with Gasteiger partial charge in [-0.25, -0.2) is 9.78 Å². The van der Waals surface area contributed by atoms with Gasteiger partial charge in [-0.15, -0.1) is 0 Å². The number of pyridine rings is 1. The summed E-state index contributed by atoms with van der Waals surface area (Å²) < 4.78 is 10.2. The molecule has 1 heterocycles. The first-order valence-corrected chi connectivity index (χ1v) is 7.64. The lowest BCUT2D eigenvalue weighted by Crippen LogP contribution is -2.30. The molecule has 1 atom stereocenters. The standard InChI is InChI=1S/C16H14Cl2N2O4/c1-9(24-16(22)11-4-3-7-19-14(11)18)15(21)20-12-8-10(17)5-6-13(12)23-2/h3-9H,1-2H3,(H,20,21). The molecule has 0 radical (unpaired) electrons. The summed E-state index contributed by atoms with van der Waals surface area (Å²) in [6.07, 6.45) is 0.387. The largest absolute Gasteiger partial charge is 0.495 e. The maximum atomic E-state index is 12.2. The van der Waals surface area contributed by atoms with Crippen molar-refractivity contribution in [1.82, 2.24) is 4.98 Å². The Labute approximate surface area is 148 Å². The van der Waals surface area contributed by atoms with E-state index < -0.39 is 18.0 Å². The second-order valence-electron chi connectivity index (χ2n) is 4.72. The van der Waals surface area contributed by atoms with Crippen LogP contribution in [0.3, 0.4) is 0 Å². The minimum atomic E-state index is -1.06. The zero-order valence-electron chi connectivity index (χ0n) is 12.9. The average Bonchev–Trinajstić information content (AvgIpc) is 2.55. The number of methoxy groups -OCH3 is 1. The van der Waals surface area contributed by atoms with Crippen LogP contribution in [0.1, 0.15) is 17.3 Å². The molecule has 8 heteroatoms. The third-order valence-electron chi connectivity index (χ3n) is 3.05. The average molecular weight is 369 g/mol. The van der Waals surface area contributed by atoms with Gasteiger partial charge in [-0.05, 0) is 37.3 Å². The highest BCUT2D eigenvalue weighted by molar-refractivity contribution is 6.32. The molecule has 1 aromatic heterocycles. The van der Waals surface area contributed by atoms with Gasteiger partial charge >= 0.3 is 5.97 Å². The van der Waals surface area contributed by atoms with Crippen LogP contribution in [-0.2, 0) is 9.53 Å². The maximum absolute atomic E-state index is 12.2. The Bertz CT molecular complexity index is 767. The molecule has 126 valence electrons. The minimum absolute atomic E-state index is 0.00613. The fourth-order valence-electron chi connectivity index (χ4n) is 1.83. The van der Waals surface area contributed by atoms with Gasteiger partial charge in [0.05, 0.1) is 18.4 Å². The summed E-state index contributed by atoms with van der Waals surface area (Å²) in [5, 5.41) is 3.03. The van der Waals surface area contributed by atoms with Crippen LogP contribution < -0.4 is 10.1 Å². The molecule has 6 nitrogen and oxygen atoms in total. The van der Waals surface area contributed by atoms with Crippen LogP contribution in [0.5, 0.6) is 5.75 Å². The Balaban J connectivity index is 2.06. The summed E-state index contributed by atoms with van der Waals surface area (Å²) >= 11 is 11.7. The van der Waals surface area contributed by atoms with Crippen molar-refractivity contribution in [2.75, 3.05) is 12.4 Å². The van der Waals surface area contributed by atoms with Gasteiger partial charge in [0, 0.05) is 11.2 Å². The molecule has 1 N–H and O–H groups in total. The van der Waals surface area contributed by atoms with Gasteiger partial charge < -0.3 is 14.8 Å². The number of carbonyl (C=O) groups is 2. The van der Waals surface area contributed by atoms with Crippen LogP contribution in [-0.4, -0.2) is 30.1 Å². The molecule has 1 amide bonds. The number of rotatable bonds is 5. The van der Waals surface area contributed by atoms with E-state index in [1.54, 1.807) is 18.2 Å². The van der Waals surface area contributed by atoms with Crippen molar-refractivity contribution in [1.29, 1.82) is 0 Å². The Morgan fingerprint density at radius 3 is 2.67 bits per heavy atom. The Hall–Kier alpha value is -2.31. The van der Waals surface area contributed by atoms with Gasteiger partial charge in [-0.2, -0.15) is 0 Å². The fourth-order valence-corrected chi connectivity index (χ4v) is 2.20. The summed E-state index contributed by atoms with van der Waals surface area (Å²) in [5.41, 5.74) is 0.455. The molecule has 0 aliphatic rings. The lowest BCUT2D eigenvalue weighted by atomic mass is 10.2. The van der Waals surface area contributed by atoms with Crippen molar-refractivity contribution in [3.63, 3.8) is 0 Å². The summed E-state index contributed by atoms with van der Waals surface area (Å²) in [5.74, 6) is -0.848. The minimum Gasteiger partial charge on any atom is -0.495 e. The Kier molecular flexibility index (Phi) is 6.00. The number of nitrogens with zero attached hydrogens (tertiary/aromatic N) is 1. The highest BCUT2D eigenvalue weighted by Gasteiger charge is 2.21. The smallest absolute Gasteiger partial charge is 0.342 e. The molecule has 1 unspecified atom stereocenters. The SMILES string of the molecule is COc1ccc(Cl)cc1NC(=O)C(C)OC(=O)c1cccnc1Cl. The number of nitrogens with one attached hydrogen (secondary N) is 1. The molecule has 2 rings (SSSR count). The molecule has 0 fully saturated rings. The molecule has 0 spiro atoms. The van der Waals surface area contributed by atoms with E-state index in [0.717, 1.165) is 0 Å². The highest BCUT2D eigenvalue weighted by Crippen LogP contribution is 2.28. The predicted molar refractivity (Wildman–Crippen MR) is 90.8 cm³/mol. The van der Waals surface area contributed by atoms with Gasteiger partial charge in [0.2, 0.25) is 0 Å². The first kappa shape index (κ1) is 18.0. The predicted octanol–water partition coefficient (Wildman–Crippen LogP) is 3.58. The van der Waals surface area contributed by atoms with Crippen LogP contribution in [0.25, 0.3) is 0 Å². The number of aromatic nitrogens is 1. The Morgan fingerprint density at radius 1 is 1.25 bits per heavy atom. The highest BCUT2D eigenvalue weighted by atomic mass is 35.5. The number of hydrogen-bond donors (Lipinski definition) is 1.